The highest BCUT2D eigenvalue weighted by Crippen LogP contribution is 2.24. The number of piperazine rings is 1. The molecule has 1 aliphatic heterocycles. The van der Waals surface area contributed by atoms with E-state index < -0.39 is 0 Å². The minimum Gasteiger partial charge on any atom is -0.411 e. The van der Waals surface area contributed by atoms with Crippen molar-refractivity contribution in [1.82, 2.24) is 15.1 Å². The maximum Gasteiger partial charge on any atom is 0.276 e. The van der Waals surface area contributed by atoms with Crippen molar-refractivity contribution in [3.05, 3.63) is 59.9 Å². The van der Waals surface area contributed by atoms with Crippen LogP contribution in [0.5, 0.6) is 0 Å². The molecule has 30 heavy (non-hydrogen) atoms. The molecule has 1 amide bonds. The SMILES string of the molecule is Cc1ccc(-c2nnc(SCCC(=O)N3CCN(c4ccc(F)cc4)CC3)o2)cc1. The first-order valence-corrected chi connectivity index (χ1v) is 10.9. The summed E-state index contributed by atoms with van der Waals surface area (Å²) >= 11 is 1.40. The van der Waals surface area contributed by atoms with E-state index in [1.54, 1.807) is 12.1 Å². The van der Waals surface area contributed by atoms with Gasteiger partial charge in [0, 0.05) is 49.6 Å². The molecule has 0 saturated carbocycles. The van der Waals surface area contributed by atoms with Crippen molar-refractivity contribution in [2.24, 2.45) is 0 Å². The van der Waals surface area contributed by atoms with Crippen molar-refractivity contribution >= 4 is 23.4 Å². The summed E-state index contributed by atoms with van der Waals surface area (Å²) in [5.41, 5.74) is 3.04. The van der Waals surface area contributed by atoms with E-state index in [-0.39, 0.29) is 11.7 Å². The van der Waals surface area contributed by atoms with Gasteiger partial charge in [-0.15, -0.1) is 10.2 Å². The number of hydrogen-bond donors (Lipinski definition) is 0. The number of amides is 1. The second-order valence-corrected chi connectivity index (χ2v) is 8.23. The molecule has 2 aromatic carbocycles. The summed E-state index contributed by atoms with van der Waals surface area (Å²) in [5.74, 6) is 0.963. The molecule has 0 bridgehead atoms. The first-order chi connectivity index (χ1) is 14.6. The van der Waals surface area contributed by atoms with Crippen molar-refractivity contribution in [2.75, 3.05) is 36.8 Å². The molecule has 1 aliphatic rings. The number of benzene rings is 2. The molecule has 1 aromatic heterocycles. The third-order valence-electron chi connectivity index (χ3n) is 5.07. The molecule has 1 fully saturated rings. The van der Waals surface area contributed by atoms with Crippen LogP contribution in [-0.4, -0.2) is 52.9 Å². The number of aryl methyl sites for hydroxylation is 1. The van der Waals surface area contributed by atoms with Gasteiger partial charge in [0.05, 0.1) is 0 Å². The molecule has 1 saturated heterocycles. The molecule has 0 aliphatic carbocycles. The van der Waals surface area contributed by atoms with Crippen LogP contribution in [0.15, 0.2) is 58.2 Å². The summed E-state index contributed by atoms with van der Waals surface area (Å²) < 4.78 is 18.8. The Hall–Kier alpha value is -2.87. The van der Waals surface area contributed by atoms with Crippen LogP contribution in [0.25, 0.3) is 11.5 Å². The summed E-state index contributed by atoms with van der Waals surface area (Å²) in [4.78, 5) is 16.6. The summed E-state index contributed by atoms with van der Waals surface area (Å²) in [5, 5.41) is 8.62. The number of carbonyl (C=O) groups is 1. The third kappa shape index (κ3) is 4.99. The lowest BCUT2D eigenvalue weighted by molar-refractivity contribution is -0.131. The van der Waals surface area contributed by atoms with Gasteiger partial charge in [-0.05, 0) is 43.3 Å². The highest BCUT2D eigenvalue weighted by molar-refractivity contribution is 7.99. The maximum atomic E-state index is 13.1. The molecule has 0 radical (unpaired) electrons. The Morgan fingerprint density at radius 3 is 2.43 bits per heavy atom. The van der Waals surface area contributed by atoms with Crippen LogP contribution in [0.4, 0.5) is 10.1 Å². The smallest absolute Gasteiger partial charge is 0.276 e. The maximum absolute atomic E-state index is 13.1. The molecule has 0 spiro atoms. The highest BCUT2D eigenvalue weighted by Gasteiger charge is 2.21. The molecule has 0 unspecified atom stereocenters. The largest absolute Gasteiger partial charge is 0.411 e. The van der Waals surface area contributed by atoms with Crippen LogP contribution in [0, 0.1) is 12.7 Å². The van der Waals surface area contributed by atoms with Gasteiger partial charge >= 0.3 is 0 Å². The summed E-state index contributed by atoms with van der Waals surface area (Å²) in [6.07, 6.45) is 0.420. The van der Waals surface area contributed by atoms with Crippen molar-refractivity contribution in [2.45, 2.75) is 18.6 Å². The van der Waals surface area contributed by atoms with Crippen molar-refractivity contribution in [1.29, 1.82) is 0 Å². The Morgan fingerprint density at radius 2 is 1.73 bits per heavy atom. The lowest BCUT2D eigenvalue weighted by Gasteiger charge is -2.36. The van der Waals surface area contributed by atoms with Gasteiger partial charge in [0.2, 0.25) is 11.8 Å². The fourth-order valence-corrected chi connectivity index (χ4v) is 4.02. The van der Waals surface area contributed by atoms with Crippen LogP contribution in [0.1, 0.15) is 12.0 Å². The minimum absolute atomic E-state index is 0.125. The fourth-order valence-electron chi connectivity index (χ4n) is 3.33. The Balaban J connectivity index is 1.22. The molecule has 0 N–H and O–H groups in total. The molecular formula is C22H23FN4O2S. The van der Waals surface area contributed by atoms with Crippen LogP contribution in [0.3, 0.4) is 0 Å². The van der Waals surface area contributed by atoms with Crippen LogP contribution in [0.2, 0.25) is 0 Å². The lowest BCUT2D eigenvalue weighted by Crippen LogP contribution is -2.48. The van der Waals surface area contributed by atoms with E-state index in [1.165, 1.54) is 29.5 Å². The molecule has 6 nitrogen and oxygen atoms in total. The molecular weight excluding hydrogens is 403 g/mol. The van der Waals surface area contributed by atoms with E-state index in [0.29, 0.717) is 36.4 Å². The summed E-state index contributed by atoms with van der Waals surface area (Å²) in [7, 11) is 0. The zero-order chi connectivity index (χ0) is 20.9. The standard InChI is InChI=1S/C22H23FN4O2S/c1-16-2-4-17(5-3-16)21-24-25-22(29-21)30-15-10-20(28)27-13-11-26(12-14-27)19-8-6-18(23)7-9-19/h2-9H,10-15H2,1H3. The Morgan fingerprint density at radius 1 is 1.03 bits per heavy atom. The first-order valence-electron chi connectivity index (χ1n) is 9.90. The number of carbonyl (C=O) groups excluding carboxylic acids is 1. The van der Waals surface area contributed by atoms with E-state index >= 15 is 0 Å². The molecule has 156 valence electrons. The first kappa shape index (κ1) is 20.4. The number of anilines is 1. The predicted molar refractivity (Wildman–Crippen MR) is 115 cm³/mol. The predicted octanol–water partition coefficient (Wildman–Crippen LogP) is 4.02. The van der Waals surface area contributed by atoms with Crippen molar-refractivity contribution < 1.29 is 13.6 Å². The van der Waals surface area contributed by atoms with E-state index in [9.17, 15) is 9.18 Å². The average molecular weight is 427 g/mol. The second kappa shape index (κ2) is 9.30. The van der Waals surface area contributed by atoms with Gasteiger partial charge in [-0.25, -0.2) is 4.39 Å². The third-order valence-corrected chi connectivity index (χ3v) is 5.89. The lowest BCUT2D eigenvalue weighted by atomic mass is 10.1. The molecule has 3 aromatic rings. The van der Waals surface area contributed by atoms with Gasteiger partial charge in [0.1, 0.15) is 5.82 Å². The van der Waals surface area contributed by atoms with Gasteiger partial charge < -0.3 is 14.2 Å². The number of hydrogen-bond acceptors (Lipinski definition) is 6. The van der Waals surface area contributed by atoms with Crippen molar-refractivity contribution in [3.8, 4) is 11.5 Å². The van der Waals surface area contributed by atoms with E-state index in [0.717, 1.165) is 24.3 Å². The average Bonchev–Trinajstić information content (AvgIpc) is 3.24. The topological polar surface area (TPSA) is 62.5 Å². The van der Waals surface area contributed by atoms with Crippen molar-refractivity contribution in [3.63, 3.8) is 0 Å². The number of thioether (sulfide) groups is 1. The second-order valence-electron chi connectivity index (χ2n) is 7.18. The van der Waals surface area contributed by atoms with Crippen LogP contribution < -0.4 is 4.90 Å². The monoisotopic (exact) mass is 426 g/mol. The summed E-state index contributed by atoms with van der Waals surface area (Å²) in [6, 6.07) is 14.4. The van der Waals surface area contributed by atoms with Gasteiger partial charge in [-0.3, -0.25) is 4.79 Å². The Labute approximate surface area is 179 Å². The van der Waals surface area contributed by atoms with Gasteiger partial charge in [0.15, 0.2) is 0 Å². The van der Waals surface area contributed by atoms with E-state index in [4.69, 9.17) is 4.42 Å². The number of aromatic nitrogens is 2. The number of rotatable bonds is 6. The zero-order valence-electron chi connectivity index (χ0n) is 16.8. The Bertz CT molecular complexity index is 983. The van der Waals surface area contributed by atoms with E-state index in [1.807, 2.05) is 36.1 Å². The van der Waals surface area contributed by atoms with Gasteiger partial charge in [0.25, 0.3) is 5.22 Å². The molecule has 8 heteroatoms. The molecule has 2 heterocycles. The van der Waals surface area contributed by atoms with Crippen LogP contribution >= 0.6 is 11.8 Å². The van der Waals surface area contributed by atoms with Gasteiger partial charge in [-0.1, -0.05) is 29.5 Å². The van der Waals surface area contributed by atoms with E-state index in [2.05, 4.69) is 15.1 Å². The highest BCUT2D eigenvalue weighted by atomic mass is 32.2. The molecule has 0 atom stereocenters. The fraction of sp³-hybridized carbons (Fsp3) is 0.318. The Kier molecular flexibility index (Phi) is 6.32. The normalized spacial score (nSPS) is 14.2. The quantitative estimate of drug-likeness (QED) is 0.555. The number of nitrogens with zero attached hydrogens (tertiary/aromatic N) is 4. The van der Waals surface area contributed by atoms with Crippen LogP contribution in [-0.2, 0) is 4.79 Å². The van der Waals surface area contributed by atoms with Gasteiger partial charge in [-0.2, -0.15) is 0 Å². The summed E-state index contributed by atoms with van der Waals surface area (Å²) in [6.45, 7) is 4.85. The molecule has 4 rings (SSSR count). The minimum atomic E-state index is -0.239. The number of halogens is 1. The zero-order valence-corrected chi connectivity index (χ0v) is 17.6.